The first-order valence-electron chi connectivity index (χ1n) is 0.612. The summed E-state index contributed by atoms with van der Waals surface area (Å²) < 4.78 is 0. The van der Waals surface area contributed by atoms with Gasteiger partial charge in [-0.15, -0.1) is 0 Å². The molecule has 0 aliphatic heterocycles. The fourth-order valence-electron chi connectivity index (χ4n) is 0. The Morgan fingerprint density at radius 3 is 1.14 bits per heavy atom. The molecule has 0 aliphatic rings. The van der Waals surface area contributed by atoms with Crippen molar-refractivity contribution in [2.24, 2.45) is 0 Å². The second kappa shape index (κ2) is 15.7. The number of carboxylic acid groups (broad SMARTS) is 2. The van der Waals surface area contributed by atoms with Gasteiger partial charge in [-0.25, -0.2) is 0 Å². The molecular weight excluding hydrogens is 130 g/mol. The van der Waals surface area contributed by atoms with Crippen molar-refractivity contribution in [3.05, 3.63) is 0 Å². The molecule has 0 rings (SSSR count). The van der Waals surface area contributed by atoms with Crippen LogP contribution >= 0.6 is 0 Å². The molecule has 0 radical (unpaired) electrons. The van der Waals surface area contributed by atoms with Crippen LogP contribution in [0, 0.1) is 0 Å². The van der Waals surface area contributed by atoms with Crippen molar-refractivity contribution in [1.82, 2.24) is 0 Å². The molecule has 3 nitrogen and oxygen atoms in total. The van der Waals surface area contributed by atoms with Gasteiger partial charge < -0.3 is 15.0 Å². The second-order valence-corrected chi connectivity index (χ2v) is 0.250. The van der Waals surface area contributed by atoms with Gasteiger partial charge in [0.15, 0.2) is 0 Å². The first-order valence-corrected chi connectivity index (χ1v) is 0.612. The van der Waals surface area contributed by atoms with Crippen molar-refractivity contribution in [2.75, 3.05) is 0 Å². The van der Waals surface area contributed by atoms with Crippen molar-refractivity contribution in [2.45, 2.75) is 0 Å². The molecule has 0 heterocycles. The normalized spacial score (nSPS) is 3.43. The van der Waals surface area contributed by atoms with E-state index in [1.807, 2.05) is 0 Å². The summed E-state index contributed by atoms with van der Waals surface area (Å²) in [5, 5.41) is 16.7. The van der Waals surface area contributed by atoms with E-state index in [-0.39, 0.29) is 82.2 Å². The van der Waals surface area contributed by atoms with Crippen LogP contribution in [0.1, 0.15) is 0 Å². The van der Waals surface area contributed by atoms with Crippen LogP contribution in [0.3, 0.4) is 0 Å². The van der Waals surface area contributed by atoms with Crippen molar-refractivity contribution < 1.29 is 74.1 Å². The minimum absolute atomic E-state index is 0. The predicted octanol–water partition coefficient (Wildman–Crippen LogP) is -9.36. The summed E-state index contributed by atoms with van der Waals surface area (Å²) in [4.78, 5) is 8.33. The average molecular weight is 132 g/mol. The number of rotatable bonds is 0. The molecule has 0 saturated heterocycles. The smallest absolute Gasteiger partial charge is 0.652 e. The van der Waals surface area contributed by atoms with Gasteiger partial charge in [-0.1, -0.05) is 0 Å². The molecular formula is CH2MgNa2O3. The second-order valence-electron chi connectivity index (χ2n) is 0.250. The zero-order valence-corrected chi connectivity index (χ0v) is 7.72. The Kier molecular flexibility index (Phi) is 51.6. The zero-order chi connectivity index (χ0) is 3.58. The first kappa shape index (κ1) is 23.0. The summed E-state index contributed by atoms with van der Waals surface area (Å²) in [5.74, 6) is 0. The van der Waals surface area contributed by atoms with Gasteiger partial charge in [-0.05, 0) is 6.16 Å². The first-order chi connectivity index (χ1) is 1.73. The minimum atomic E-state index is -2.33. The third-order valence-electron chi connectivity index (χ3n) is 0. The van der Waals surface area contributed by atoms with Gasteiger partial charge in [0.2, 0.25) is 0 Å². The van der Waals surface area contributed by atoms with Gasteiger partial charge in [0.1, 0.15) is 0 Å². The average Bonchev–Trinajstić information content (AvgIpc) is 0.811. The molecule has 6 heteroatoms. The molecule has 0 saturated carbocycles. The Balaban J connectivity index is -0.0000000150. The topological polar surface area (TPSA) is 63.2 Å². The monoisotopic (exact) mass is 132 g/mol. The molecule has 0 aromatic carbocycles. The number of hydrogen-bond donors (Lipinski definition) is 0. The van der Waals surface area contributed by atoms with E-state index in [9.17, 15) is 0 Å². The van der Waals surface area contributed by atoms with Crippen LogP contribution < -0.4 is 69.3 Å². The molecule has 0 aliphatic carbocycles. The van der Waals surface area contributed by atoms with E-state index in [2.05, 4.69) is 0 Å². The third kappa shape index (κ3) is 70.6. The van der Waals surface area contributed by atoms with Crippen LogP contribution in [-0.4, -0.2) is 29.2 Å². The largest absolute Gasteiger partial charge is 1.00 e. The maximum atomic E-state index is 8.33. The van der Waals surface area contributed by atoms with Crippen LogP contribution in [0.15, 0.2) is 0 Å². The Labute approximate surface area is 102 Å². The summed E-state index contributed by atoms with van der Waals surface area (Å²) in [6.07, 6.45) is -2.33. The van der Waals surface area contributed by atoms with Crippen molar-refractivity contribution in [3.8, 4) is 0 Å². The molecule has 0 aromatic rings. The van der Waals surface area contributed by atoms with Gasteiger partial charge in [0, 0.05) is 0 Å². The maximum absolute atomic E-state index is 8.33. The predicted molar refractivity (Wildman–Crippen MR) is 13.9 cm³/mol. The molecule has 0 amide bonds. The Hall–Kier alpha value is 2.04. The molecule has 0 spiro atoms. The minimum Gasteiger partial charge on any atom is -0.652 e. The summed E-state index contributed by atoms with van der Waals surface area (Å²) in [7, 11) is 0. The van der Waals surface area contributed by atoms with E-state index in [0.29, 0.717) is 0 Å². The van der Waals surface area contributed by atoms with Crippen LogP contribution in [0.4, 0.5) is 4.79 Å². The van der Waals surface area contributed by atoms with E-state index in [1.165, 1.54) is 0 Å². The van der Waals surface area contributed by atoms with Crippen molar-refractivity contribution in [1.29, 1.82) is 0 Å². The molecule has 0 N–H and O–H groups in total. The molecule has 0 fully saturated rings. The SMILES string of the molecule is O=C([O-])[O-].[MgH2].[Na+].[Na+]. The number of hydrogen-bond acceptors (Lipinski definition) is 3. The van der Waals surface area contributed by atoms with Crippen LogP contribution in [0.2, 0.25) is 0 Å². The number of carbonyl (C=O) groups is 1. The quantitative estimate of drug-likeness (QED) is 0.308. The van der Waals surface area contributed by atoms with E-state index in [1.54, 1.807) is 0 Å². The van der Waals surface area contributed by atoms with Crippen LogP contribution in [0.5, 0.6) is 0 Å². The van der Waals surface area contributed by atoms with Gasteiger partial charge in [0.05, 0.1) is 0 Å². The van der Waals surface area contributed by atoms with Gasteiger partial charge >= 0.3 is 82.2 Å². The number of carbonyl (C=O) groups excluding carboxylic acids is 1. The van der Waals surface area contributed by atoms with Gasteiger partial charge in [0.25, 0.3) is 0 Å². The standard InChI is InChI=1S/CH2O3.Mg.2Na.2H/c2-1(3)4;;;;;/h(H2,2,3,4);;;;;/q;;2*+1;;/p-2. The van der Waals surface area contributed by atoms with E-state index in [4.69, 9.17) is 15.0 Å². The molecule has 7 heavy (non-hydrogen) atoms. The molecule has 28 valence electrons. The fraction of sp³-hybridized carbons (Fsp3) is 0. The molecule has 0 aromatic heterocycles. The van der Waals surface area contributed by atoms with Gasteiger partial charge in [-0.3, -0.25) is 0 Å². The van der Waals surface area contributed by atoms with Gasteiger partial charge in [-0.2, -0.15) is 0 Å². The Bertz CT molecular complexity index is 35.9. The van der Waals surface area contributed by atoms with Crippen LogP contribution in [-0.2, 0) is 0 Å². The summed E-state index contributed by atoms with van der Waals surface area (Å²) in [5.41, 5.74) is 0. The third-order valence-corrected chi connectivity index (χ3v) is 0. The molecule has 0 unspecified atom stereocenters. The van der Waals surface area contributed by atoms with E-state index in [0.717, 1.165) is 0 Å². The van der Waals surface area contributed by atoms with E-state index >= 15 is 0 Å². The van der Waals surface area contributed by atoms with E-state index < -0.39 is 6.16 Å². The van der Waals surface area contributed by atoms with Crippen molar-refractivity contribution >= 4 is 29.2 Å². The Morgan fingerprint density at radius 1 is 1.14 bits per heavy atom. The Morgan fingerprint density at radius 2 is 1.14 bits per heavy atom. The maximum Gasteiger partial charge on any atom is 1.00 e. The van der Waals surface area contributed by atoms with Crippen molar-refractivity contribution in [3.63, 3.8) is 0 Å². The molecule has 0 bridgehead atoms. The summed E-state index contributed by atoms with van der Waals surface area (Å²) >= 11 is 0. The summed E-state index contributed by atoms with van der Waals surface area (Å²) in [6, 6.07) is 0. The summed E-state index contributed by atoms with van der Waals surface area (Å²) in [6.45, 7) is 0. The zero-order valence-electron chi connectivity index (χ0n) is 3.72. The molecule has 0 atom stereocenters. The van der Waals surface area contributed by atoms with Crippen LogP contribution in [0.25, 0.3) is 0 Å². The fourth-order valence-corrected chi connectivity index (χ4v) is 0.